The number of rotatable bonds is 2. The van der Waals surface area contributed by atoms with Gasteiger partial charge in [0.25, 0.3) is 6.42 Å². The highest BCUT2D eigenvalue weighted by molar-refractivity contribution is 6.62. The first-order valence-corrected chi connectivity index (χ1v) is 9.33. The summed E-state index contributed by atoms with van der Waals surface area (Å²) in [6.07, 6.45) is -1.85. The largest absolute Gasteiger partial charge is 0.495 e. The summed E-state index contributed by atoms with van der Waals surface area (Å²) < 4.78 is 42.3. The number of benzene rings is 2. The van der Waals surface area contributed by atoms with Gasteiger partial charge in [0, 0.05) is 0 Å². The molecule has 0 spiro atoms. The second-order valence-corrected chi connectivity index (χ2v) is 8.20. The maximum atomic E-state index is 15.2. The van der Waals surface area contributed by atoms with Gasteiger partial charge in [0.1, 0.15) is 0 Å². The van der Waals surface area contributed by atoms with Crippen molar-refractivity contribution in [3.05, 3.63) is 58.6 Å². The van der Waals surface area contributed by atoms with E-state index in [1.807, 2.05) is 40.7 Å². The molecule has 146 valence electrons. The predicted octanol–water partition coefficient (Wildman–Crippen LogP) is 2.72. The minimum atomic E-state index is -1.85. The Hall–Kier alpha value is -2.25. The highest BCUT2D eigenvalue weighted by Crippen LogP contribution is 2.37. The third-order valence-corrected chi connectivity index (χ3v) is 5.91. The Balaban J connectivity index is 1.80. The van der Waals surface area contributed by atoms with Gasteiger partial charge in [-0.2, -0.15) is 8.78 Å². The van der Waals surface area contributed by atoms with Crippen LogP contribution in [0, 0.1) is 6.92 Å². The van der Waals surface area contributed by atoms with Gasteiger partial charge in [0.2, 0.25) is 5.95 Å². The van der Waals surface area contributed by atoms with Gasteiger partial charge in [-0.3, -0.25) is 4.90 Å². The molecule has 2 heterocycles. The van der Waals surface area contributed by atoms with Crippen LogP contribution in [0.25, 0.3) is 5.95 Å². The lowest BCUT2D eigenvalue weighted by molar-refractivity contribution is 0.00578. The second-order valence-electron chi connectivity index (χ2n) is 8.20. The molecule has 4 nitrogen and oxygen atoms in total. The molecule has 0 saturated carbocycles. The van der Waals surface area contributed by atoms with Crippen molar-refractivity contribution >= 4 is 24.2 Å². The van der Waals surface area contributed by atoms with Crippen molar-refractivity contribution in [2.24, 2.45) is 4.99 Å². The quantitative estimate of drug-likeness (QED) is 0.590. The number of hydrogen-bond acceptors (Lipinski definition) is 4. The molecule has 0 aliphatic carbocycles. The first kappa shape index (κ1) is 19.1. The number of fused-ring (bicyclic) bond motifs is 1. The van der Waals surface area contributed by atoms with Crippen LogP contribution in [0.3, 0.4) is 0 Å². The molecule has 2 aliphatic rings. The van der Waals surface area contributed by atoms with Crippen LogP contribution in [0.15, 0.2) is 47.5 Å². The zero-order valence-corrected chi connectivity index (χ0v) is 16.7. The molecule has 28 heavy (non-hydrogen) atoms. The SMILES string of the molecule is Cc1c(B2OC(C)(C)C(C)(C)O2)cccc1N1C(F)=c2ccccc2=NC1F. The summed E-state index contributed by atoms with van der Waals surface area (Å²) in [6.45, 7) is 9.70. The average molecular weight is 384 g/mol. The van der Waals surface area contributed by atoms with E-state index in [9.17, 15) is 4.39 Å². The third-order valence-electron chi connectivity index (χ3n) is 5.91. The minimum Gasteiger partial charge on any atom is -0.399 e. The van der Waals surface area contributed by atoms with E-state index in [1.54, 1.807) is 36.4 Å². The maximum absolute atomic E-state index is 15.2. The summed E-state index contributed by atoms with van der Waals surface area (Å²) in [5, 5.41) is 0.584. The van der Waals surface area contributed by atoms with Crippen LogP contribution in [-0.2, 0) is 9.31 Å². The lowest BCUT2D eigenvalue weighted by atomic mass is 9.75. The van der Waals surface area contributed by atoms with Crippen molar-refractivity contribution in [3.63, 3.8) is 0 Å². The number of para-hydroxylation sites is 1. The van der Waals surface area contributed by atoms with E-state index in [2.05, 4.69) is 4.99 Å². The molecular formula is C21H23BF2N2O2. The third kappa shape index (κ3) is 2.84. The van der Waals surface area contributed by atoms with E-state index in [0.29, 0.717) is 16.6 Å². The minimum absolute atomic E-state index is 0.275. The van der Waals surface area contributed by atoms with Crippen molar-refractivity contribution < 1.29 is 18.1 Å². The highest BCUT2D eigenvalue weighted by atomic mass is 19.2. The van der Waals surface area contributed by atoms with Crippen LogP contribution in [-0.4, -0.2) is 24.7 Å². The topological polar surface area (TPSA) is 34.1 Å². The van der Waals surface area contributed by atoms with Crippen molar-refractivity contribution in [1.82, 2.24) is 0 Å². The molecule has 1 unspecified atom stereocenters. The van der Waals surface area contributed by atoms with E-state index in [0.717, 1.165) is 10.4 Å². The molecule has 2 aromatic rings. The van der Waals surface area contributed by atoms with E-state index < -0.39 is 30.7 Å². The lowest BCUT2D eigenvalue weighted by Gasteiger charge is -2.32. The molecule has 2 aromatic carbocycles. The second kappa shape index (κ2) is 6.39. The molecule has 1 saturated heterocycles. The normalized spacial score (nSPS) is 22.8. The molecular weight excluding hydrogens is 361 g/mol. The number of nitrogens with zero attached hydrogens (tertiary/aromatic N) is 2. The Kier molecular flexibility index (Phi) is 4.36. The summed E-state index contributed by atoms with van der Waals surface area (Å²) >= 11 is 0. The molecule has 1 atom stereocenters. The van der Waals surface area contributed by atoms with Crippen molar-refractivity contribution in [2.45, 2.75) is 52.2 Å². The predicted molar refractivity (Wildman–Crippen MR) is 106 cm³/mol. The molecule has 4 rings (SSSR count). The zero-order chi connectivity index (χ0) is 20.3. The zero-order valence-electron chi connectivity index (χ0n) is 16.7. The Morgan fingerprint density at radius 3 is 2.32 bits per heavy atom. The van der Waals surface area contributed by atoms with Gasteiger partial charge >= 0.3 is 7.12 Å². The van der Waals surface area contributed by atoms with E-state index in [1.165, 1.54) is 0 Å². The summed E-state index contributed by atoms with van der Waals surface area (Å²) in [4.78, 5) is 4.98. The van der Waals surface area contributed by atoms with E-state index in [4.69, 9.17) is 9.31 Å². The Morgan fingerprint density at radius 1 is 1.00 bits per heavy atom. The lowest BCUT2D eigenvalue weighted by Crippen LogP contribution is -2.44. The van der Waals surface area contributed by atoms with Crippen LogP contribution < -0.4 is 20.9 Å². The summed E-state index contributed by atoms with van der Waals surface area (Å²) in [5.74, 6) is -0.660. The van der Waals surface area contributed by atoms with Crippen LogP contribution in [0.4, 0.5) is 14.5 Å². The highest BCUT2D eigenvalue weighted by Gasteiger charge is 2.52. The molecule has 0 amide bonds. The van der Waals surface area contributed by atoms with Crippen LogP contribution in [0.2, 0.25) is 0 Å². The fourth-order valence-electron chi connectivity index (χ4n) is 3.50. The molecule has 0 radical (unpaired) electrons. The molecule has 2 aliphatic heterocycles. The van der Waals surface area contributed by atoms with Gasteiger partial charge in [-0.25, -0.2) is 4.99 Å². The maximum Gasteiger partial charge on any atom is 0.495 e. The Bertz CT molecular complexity index is 1040. The standard InChI is InChI=1S/C21H23BF2N2O2/c1-13-15(22-27-20(2,3)21(4,5)28-22)10-8-12-17(13)26-18(23)14-9-6-7-11-16(14)25-19(26)24/h6-12,19H,1-5H3. The molecule has 7 heteroatoms. The Labute approximate surface area is 163 Å². The van der Waals surface area contributed by atoms with Crippen LogP contribution in [0.1, 0.15) is 33.3 Å². The first-order valence-electron chi connectivity index (χ1n) is 9.33. The van der Waals surface area contributed by atoms with Crippen molar-refractivity contribution in [2.75, 3.05) is 4.90 Å². The number of alkyl halides is 1. The van der Waals surface area contributed by atoms with Gasteiger partial charge in [-0.15, -0.1) is 0 Å². The fraction of sp³-hybridized carbons (Fsp3) is 0.381. The van der Waals surface area contributed by atoms with Gasteiger partial charge in [-0.1, -0.05) is 24.3 Å². The molecule has 0 bridgehead atoms. The number of anilines is 1. The van der Waals surface area contributed by atoms with Gasteiger partial charge < -0.3 is 9.31 Å². The fourth-order valence-corrected chi connectivity index (χ4v) is 3.50. The Morgan fingerprint density at radius 2 is 1.64 bits per heavy atom. The van der Waals surface area contributed by atoms with Crippen molar-refractivity contribution in [3.8, 4) is 0 Å². The smallest absolute Gasteiger partial charge is 0.399 e. The monoisotopic (exact) mass is 384 g/mol. The molecule has 0 N–H and O–H groups in total. The van der Waals surface area contributed by atoms with Gasteiger partial charge in [0.15, 0.2) is 0 Å². The number of halogens is 2. The summed E-state index contributed by atoms with van der Waals surface area (Å²) in [6, 6.07) is 11.9. The molecule has 1 fully saturated rings. The summed E-state index contributed by atoms with van der Waals surface area (Å²) in [7, 11) is -0.611. The van der Waals surface area contributed by atoms with Gasteiger partial charge in [-0.05, 0) is 63.8 Å². The first-order chi connectivity index (χ1) is 13.1. The van der Waals surface area contributed by atoms with E-state index >= 15 is 4.39 Å². The molecule has 0 aromatic heterocycles. The van der Waals surface area contributed by atoms with Crippen molar-refractivity contribution in [1.29, 1.82) is 0 Å². The van der Waals surface area contributed by atoms with Crippen LogP contribution in [0.5, 0.6) is 0 Å². The van der Waals surface area contributed by atoms with E-state index in [-0.39, 0.29) is 5.22 Å². The van der Waals surface area contributed by atoms with Gasteiger partial charge in [0.05, 0.1) is 27.5 Å². The van der Waals surface area contributed by atoms with Crippen LogP contribution >= 0.6 is 0 Å². The number of hydrogen-bond donors (Lipinski definition) is 0. The summed E-state index contributed by atoms with van der Waals surface area (Å²) in [5.41, 5.74) is 0.831. The average Bonchev–Trinajstić information content (AvgIpc) is 2.84.